The molecule has 106 valence electrons. The van der Waals surface area contributed by atoms with Crippen molar-refractivity contribution >= 4 is 28.3 Å². The normalized spacial score (nSPS) is 10.9. The van der Waals surface area contributed by atoms with Gasteiger partial charge in [0.15, 0.2) is 5.78 Å². The number of carbonyl (C=O) groups excluding carboxylic acids is 1. The van der Waals surface area contributed by atoms with Gasteiger partial charge in [0, 0.05) is 5.56 Å². The minimum Gasteiger partial charge on any atom is -0.468 e. The Morgan fingerprint density at radius 1 is 1.05 bits per heavy atom. The Kier molecular flexibility index (Phi) is 4.11. The average molecular weight is 296 g/mol. The first-order valence-electron chi connectivity index (χ1n) is 6.87. The van der Waals surface area contributed by atoms with Crippen molar-refractivity contribution in [1.29, 1.82) is 0 Å². The van der Waals surface area contributed by atoms with Crippen molar-refractivity contribution in [1.82, 2.24) is 0 Å². The number of hydrogen-bond donors (Lipinski definition) is 0. The van der Waals surface area contributed by atoms with Crippen molar-refractivity contribution in [3.8, 4) is 0 Å². The third kappa shape index (κ3) is 3.03. The fourth-order valence-electron chi connectivity index (χ4n) is 2.41. The van der Waals surface area contributed by atoms with E-state index in [1.807, 2.05) is 42.5 Å². The van der Waals surface area contributed by atoms with Crippen LogP contribution in [0.5, 0.6) is 0 Å². The lowest BCUT2D eigenvalue weighted by atomic mass is 9.98. The Balaban J connectivity index is 1.77. The Morgan fingerprint density at radius 2 is 1.86 bits per heavy atom. The first-order valence-corrected chi connectivity index (χ1v) is 8.03. The Labute approximate surface area is 128 Å². The standard InChI is InChI=1S/C18H16O2S/c1-13-8-9-17(16-7-3-2-6-15(13)16)18(19)12-21-11-14-5-4-10-20-14/h2-10H,11-12H2,1H3. The predicted molar refractivity (Wildman–Crippen MR) is 87.9 cm³/mol. The van der Waals surface area contributed by atoms with Crippen molar-refractivity contribution in [2.24, 2.45) is 0 Å². The van der Waals surface area contributed by atoms with Crippen LogP contribution in [0.25, 0.3) is 10.8 Å². The number of furan rings is 1. The summed E-state index contributed by atoms with van der Waals surface area (Å²) in [6, 6.07) is 15.8. The highest BCUT2D eigenvalue weighted by Gasteiger charge is 2.11. The van der Waals surface area contributed by atoms with Gasteiger partial charge >= 0.3 is 0 Å². The molecular weight excluding hydrogens is 280 g/mol. The second-order valence-corrected chi connectivity index (χ2v) is 5.96. The van der Waals surface area contributed by atoms with Gasteiger partial charge in [0.25, 0.3) is 0 Å². The van der Waals surface area contributed by atoms with E-state index in [0.717, 1.165) is 27.8 Å². The summed E-state index contributed by atoms with van der Waals surface area (Å²) < 4.78 is 5.27. The van der Waals surface area contributed by atoms with Crippen LogP contribution in [0, 0.1) is 6.92 Å². The van der Waals surface area contributed by atoms with Gasteiger partial charge in [-0.25, -0.2) is 0 Å². The number of fused-ring (bicyclic) bond motifs is 1. The highest BCUT2D eigenvalue weighted by atomic mass is 32.2. The largest absolute Gasteiger partial charge is 0.468 e. The lowest BCUT2D eigenvalue weighted by Crippen LogP contribution is -2.04. The van der Waals surface area contributed by atoms with Crippen molar-refractivity contribution in [2.45, 2.75) is 12.7 Å². The molecule has 1 heterocycles. The zero-order valence-electron chi connectivity index (χ0n) is 11.8. The summed E-state index contributed by atoms with van der Waals surface area (Å²) in [5, 5.41) is 2.19. The van der Waals surface area contributed by atoms with Crippen molar-refractivity contribution in [3.63, 3.8) is 0 Å². The molecule has 0 N–H and O–H groups in total. The second-order valence-electron chi connectivity index (χ2n) is 4.97. The predicted octanol–water partition coefficient (Wildman–Crippen LogP) is 4.86. The minimum absolute atomic E-state index is 0.169. The van der Waals surface area contributed by atoms with Gasteiger partial charge in [0.1, 0.15) is 5.76 Å². The van der Waals surface area contributed by atoms with E-state index >= 15 is 0 Å². The molecule has 0 aliphatic carbocycles. The van der Waals surface area contributed by atoms with Crippen molar-refractivity contribution in [2.75, 3.05) is 5.75 Å². The quantitative estimate of drug-likeness (QED) is 0.630. The van der Waals surface area contributed by atoms with Gasteiger partial charge in [0.05, 0.1) is 17.8 Å². The van der Waals surface area contributed by atoms with Gasteiger partial charge in [-0.3, -0.25) is 4.79 Å². The van der Waals surface area contributed by atoms with Gasteiger partial charge in [0.2, 0.25) is 0 Å². The van der Waals surface area contributed by atoms with E-state index in [-0.39, 0.29) is 5.78 Å². The lowest BCUT2D eigenvalue weighted by Gasteiger charge is -2.08. The summed E-state index contributed by atoms with van der Waals surface area (Å²) in [6.07, 6.45) is 1.66. The molecule has 3 aromatic rings. The molecule has 2 nitrogen and oxygen atoms in total. The molecule has 0 aliphatic rings. The molecule has 3 heteroatoms. The molecule has 3 rings (SSSR count). The molecule has 2 aromatic carbocycles. The summed E-state index contributed by atoms with van der Waals surface area (Å²) in [5.41, 5.74) is 2.01. The maximum atomic E-state index is 12.4. The molecule has 21 heavy (non-hydrogen) atoms. The molecule has 0 unspecified atom stereocenters. The maximum absolute atomic E-state index is 12.4. The number of rotatable bonds is 5. The van der Waals surface area contributed by atoms with Crippen LogP contribution in [0.15, 0.2) is 59.2 Å². The second kappa shape index (κ2) is 6.19. The molecule has 0 fully saturated rings. The number of carbonyl (C=O) groups is 1. The Bertz CT molecular complexity index is 760. The van der Waals surface area contributed by atoms with E-state index in [0.29, 0.717) is 5.75 Å². The lowest BCUT2D eigenvalue weighted by molar-refractivity contribution is 0.102. The molecule has 0 atom stereocenters. The van der Waals surface area contributed by atoms with Crippen molar-refractivity contribution in [3.05, 3.63) is 71.7 Å². The van der Waals surface area contributed by atoms with Crippen LogP contribution in [0.4, 0.5) is 0 Å². The average Bonchev–Trinajstić information content (AvgIpc) is 3.01. The van der Waals surface area contributed by atoms with E-state index < -0.39 is 0 Å². The van der Waals surface area contributed by atoms with E-state index in [4.69, 9.17) is 4.42 Å². The molecule has 1 aromatic heterocycles. The fourth-order valence-corrected chi connectivity index (χ4v) is 3.22. The van der Waals surface area contributed by atoms with Crippen LogP contribution in [0.2, 0.25) is 0 Å². The van der Waals surface area contributed by atoms with Gasteiger partial charge in [-0.05, 0) is 35.4 Å². The summed E-state index contributed by atoms with van der Waals surface area (Å²) in [4.78, 5) is 12.4. The molecule has 0 aliphatic heterocycles. The van der Waals surface area contributed by atoms with Crippen LogP contribution in [-0.2, 0) is 5.75 Å². The molecule has 0 radical (unpaired) electrons. The summed E-state index contributed by atoms with van der Waals surface area (Å²) in [7, 11) is 0. The van der Waals surface area contributed by atoms with Gasteiger partial charge in [-0.2, -0.15) is 0 Å². The van der Waals surface area contributed by atoms with E-state index in [2.05, 4.69) is 13.0 Å². The van der Waals surface area contributed by atoms with Crippen LogP contribution < -0.4 is 0 Å². The number of benzene rings is 2. The van der Waals surface area contributed by atoms with E-state index in [9.17, 15) is 4.79 Å². The van der Waals surface area contributed by atoms with Crippen molar-refractivity contribution < 1.29 is 9.21 Å². The fraction of sp³-hybridized carbons (Fsp3) is 0.167. The van der Waals surface area contributed by atoms with E-state index in [1.54, 1.807) is 18.0 Å². The first-order chi connectivity index (χ1) is 10.3. The van der Waals surface area contributed by atoms with Crippen LogP contribution in [0.3, 0.4) is 0 Å². The number of ketones is 1. The summed E-state index contributed by atoms with van der Waals surface area (Å²) in [5.74, 6) is 2.26. The Morgan fingerprint density at radius 3 is 2.62 bits per heavy atom. The first kappa shape index (κ1) is 14.0. The molecule has 0 saturated carbocycles. The smallest absolute Gasteiger partial charge is 0.173 e. The molecule has 0 amide bonds. The van der Waals surface area contributed by atoms with Gasteiger partial charge in [-0.15, -0.1) is 11.8 Å². The minimum atomic E-state index is 0.169. The van der Waals surface area contributed by atoms with E-state index in [1.165, 1.54) is 5.56 Å². The number of Topliss-reactive ketones (excluding diaryl/α,β-unsaturated/α-hetero) is 1. The van der Waals surface area contributed by atoms with Gasteiger partial charge in [-0.1, -0.05) is 36.4 Å². The molecule has 0 saturated heterocycles. The van der Waals surface area contributed by atoms with Crippen LogP contribution in [0.1, 0.15) is 21.7 Å². The highest BCUT2D eigenvalue weighted by Crippen LogP contribution is 2.24. The monoisotopic (exact) mass is 296 g/mol. The molecular formula is C18H16O2S. The van der Waals surface area contributed by atoms with Gasteiger partial charge < -0.3 is 4.42 Å². The third-order valence-electron chi connectivity index (χ3n) is 3.50. The molecule has 0 spiro atoms. The zero-order chi connectivity index (χ0) is 14.7. The number of thioether (sulfide) groups is 1. The van der Waals surface area contributed by atoms with Crippen LogP contribution in [-0.4, -0.2) is 11.5 Å². The Hall–Kier alpha value is -2.00. The number of hydrogen-bond acceptors (Lipinski definition) is 3. The zero-order valence-corrected chi connectivity index (χ0v) is 12.7. The SMILES string of the molecule is Cc1ccc(C(=O)CSCc2ccco2)c2ccccc12. The summed E-state index contributed by atoms with van der Waals surface area (Å²) >= 11 is 1.58. The summed E-state index contributed by atoms with van der Waals surface area (Å²) in [6.45, 7) is 2.07. The molecule has 0 bridgehead atoms. The maximum Gasteiger partial charge on any atom is 0.173 e. The number of aryl methyl sites for hydroxylation is 1. The van der Waals surface area contributed by atoms with Crippen LogP contribution >= 0.6 is 11.8 Å². The topological polar surface area (TPSA) is 30.2 Å². The highest BCUT2D eigenvalue weighted by molar-refractivity contribution is 7.99. The third-order valence-corrected chi connectivity index (χ3v) is 4.46.